The highest BCUT2D eigenvalue weighted by atomic mass is 32.1. The summed E-state index contributed by atoms with van der Waals surface area (Å²) in [5.41, 5.74) is 1.71. The molecule has 0 radical (unpaired) electrons. The van der Waals surface area contributed by atoms with Crippen molar-refractivity contribution in [1.29, 1.82) is 0 Å². The number of hydrogen-bond donors (Lipinski definition) is 1. The number of thiocarbonyl (C=S) groups is 1. The van der Waals surface area contributed by atoms with Gasteiger partial charge in [0.25, 0.3) is 5.91 Å². The first-order chi connectivity index (χ1) is 13.9. The third-order valence-electron chi connectivity index (χ3n) is 4.08. The summed E-state index contributed by atoms with van der Waals surface area (Å²) in [7, 11) is 3.18. The maximum atomic E-state index is 12.4. The van der Waals surface area contributed by atoms with E-state index in [1.165, 1.54) is 42.7 Å². The van der Waals surface area contributed by atoms with Gasteiger partial charge in [-0.15, -0.1) is 0 Å². The van der Waals surface area contributed by atoms with Crippen molar-refractivity contribution < 1.29 is 19.1 Å². The second-order valence-corrected chi connectivity index (χ2v) is 7.34. The van der Waals surface area contributed by atoms with E-state index in [-0.39, 0.29) is 5.11 Å². The second-order valence-electron chi connectivity index (χ2n) is 5.95. The molecular weight excluding hydrogens is 410 g/mol. The van der Waals surface area contributed by atoms with Gasteiger partial charge >= 0.3 is 5.97 Å². The number of esters is 1. The molecule has 150 valence electrons. The number of nitrogens with zero attached hydrogens (tertiary/aromatic N) is 2. The maximum Gasteiger partial charge on any atom is 0.337 e. The first-order valence-electron chi connectivity index (χ1n) is 8.73. The highest BCUT2D eigenvalue weighted by Crippen LogP contribution is 2.22. The highest BCUT2D eigenvalue weighted by Gasteiger charge is 2.11. The van der Waals surface area contributed by atoms with Crippen LogP contribution in [0.5, 0.6) is 5.75 Å². The summed E-state index contributed by atoms with van der Waals surface area (Å²) >= 11 is 6.67. The standard InChI is InChI=1S/C20H19N3O4S2/c1-4-27-14-9-10-15-16(11-14)29-20(23(15)2)22-19(28)21-17(24)12-5-7-13(8-6-12)18(25)26-3/h5-11H,4H2,1-3H3,(H,21,24,28). The highest BCUT2D eigenvalue weighted by molar-refractivity contribution is 7.80. The molecule has 2 aromatic carbocycles. The lowest BCUT2D eigenvalue weighted by atomic mass is 10.1. The molecule has 0 aliphatic carbocycles. The van der Waals surface area contributed by atoms with Gasteiger partial charge in [0.2, 0.25) is 5.11 Å². The van der Waals surface area contributed by atoms with Crippen molar-refractivity contribution in [2.24, 2.45) is 12.0 Å². The van der Waals surface area contributed by atoms with Crippen LogP contribution in [-0.4, -0.2) is 35.3 Å². The molecule has 0 fully saturated rings. The fourth-order valence-electron chi connectivity index (χ4n) is 2.64. The fraction of sp³-hybridized carbons (Fsp3) is 0.200. The normalized spacial score (nSPS) is 11.3. The van der Waals surface area contributed by atoms with Crippen LogP contribution in [0.1, 0.15) is 27.6 Å². The van der Waals surface area contributed by atoms with Crippen LogP contribution < -0.4 is 14.9 Å². The second kappa shape index (κ2) is 8.97. The van der Waals surface area contributed by atoms with Crippen molar-refractivity contribution in [3.63, 3.8) is 0 Å². The Morgan fingerprint density at radius 3 is 2.52 bits per heavy atom. The molecule has 0 bridgehead atoms. The van der Waals surface area contributed by atoms with Gasteiger partial charge in [0.15, 0.2) is 4.80 Å². The summed E-state index contributed by atoms with van der Waals surface area (Å²) in [6, 6.07) is 11.9. The zero-order valence-corrected chi connectivity index (χ0v) is 17.7. The zero-order valence-electron chi connectivity index (χ0n) is 16.1. The molecule has 0 saturated heterocycles. The Morgan fingerprint density at radius 2 is 1.86 bits per heavy atom. The van der Waals surface area contributed by atoms with Gasteiger partial charge < -0.3 is 14.0 Å². The Balaban J connectivity index is 1.78. The molecule has 0 aliphatic heterocycles. The third-order valence-corrected chi connectivity index (χ3v) is 5.37. The van der Waals surface area contributed by atoms with Crippen molar-refractivity contribution >= 4 is 50.8 Å². The van der Waals surface area contributed by atoms with Crippen molar-refractivity contribution in [3.8, 4) is 5.75 Å². The lowest BCUT2D eigenvalue weighted by Gasteiger charge is -2.04. The van der Waals surface area contributed by atoms with E-state index in [0.717, 1.165) is 16.0 Å². The maximum absolute atomic E-state index is 12.4. The molecule has 0 aliphatic rings. The van der Waals surface area contributed by atoms with Gasteiger partial charge in [0.1, 0.15) is 5.75 Å². The number of hydrogen-bond acceptors (Lipinski definition) is 6. The van der Waals surface area contributed by atoms with E-state index < -0.39 is 11.9 Å². The van der Waals surface area contributed by atoms with E-state index in [1.807, 2.05) is 36.7 Å². The van der Waals surface area contributed by atoms with E-state index in [9.17, 15) is 9.59 Å². The molecule has 0 atom stereocenters. The molecular formula is C20H19N3O4S2. The van der Waals surface area contributed by atoms with Crippen molar-refractivity contribution in [2.75, 3.05) is 13.7 Å². The van der Waals surface area contributed by atoms with E-state index in [2.05, 4.69) is 15.0 Å². The minimum absolute atomic E-state index is 0.0548. The number of carbonyl (C=O) groups is 2. The minimum Gasteiger partial charge on any atom is -0.494 e. The van der Waals surface area contributed by atoms with Gasteiger partial charge in [-0.3, -0.25) is 10.1 Å². The molecule has 1 heterocycles. The van der Waals surface area contributed by atoms with Crippen molar-refractivity contribution in [1.82, 2.24) is 9.88 Å². The zero-order chi connectivity index (χ0) is 21.0. The molecule has 3 aromatic rings. The molecule has 0 unspecified atom stereocenters. The predicted molar refractivity (Wildman–Crippen MR) is 115 cm³/mol. The first kappa shape index (κ1) is 20.7. The number of nitrogens with one attached hydrogen (secondary N) is 1. The topological polar surface area (TPSA) is 81.9 Å². The number of amides is 1. The van der Waals surface area contributed by atoms with Crippen LogP contribution in [-0.2, 0) is 11.8 Å². The number of ether oxygens (including phenoxy) is 2. The summed E-state index contributed by atoms with van der Waals surface area (Å²) in [5.74, 6) is -0.0792. The van der Waals surface area contributed by atoms with Gasteiger partial charge in [0.05, 0.1) is 29.5 Å². The quantitative estimate of drug-likeness (QED) is 0.509. The molecule has 0 saturated carbocycles. The monoisotopic (exact) mass is 429 g/mol. The number of aryl methyl sites for hydroxylation is 1. The van der Waals surface area contributed by atoms with Crippen LogP contribution in [0.15, 0.2) is 47.5 Å². The van der Waals surface area contributed by atoms with Crippen molar-refractivity contribution in [3.05, 3.63) is 58.4 Å². The fourth-order valence-corrected chi connectivity index (χ4v) is 3.93. The SMILES string of the molecule is CCOc1ccc2c(c1)sc(=NC(=S)NC(=O)c1ccc(C(=O)OC)cc1)n2C. The molecule has 1 N–H and O–H groups in total. The van der Waals surface area contributed by atoms with Gasteiger partial charge in [-0.2, -0.15) is 4.99 Å². The average Bonchev–Trinajstić information content (AvgIpc) is 3.02. The van der Waals surface area contributed by atoms with Crippen molar-refractivity contribution in [2.45, 2.75) is 6.92 Å². The Kier molecular flexibility index (Phi) is 6.40. The summed E-state index contributed by atoms with van der Waals surface area (Å²) in [5, 5.41) is 2.64. The lowest BCUT2D eigenvalue weighted by molar-refractivity contribution is 0.0600. The molecule has 9 heteroatoms. The number of aromatic nitrogens is 1. The van der Waals surface area contributed by atoms with E-state index in [4.69, 9.17) is 17.0 Å². The van der Waals surface area contributed by atoms with Gasteiger partial charge in [-0.25, -0.2) is 4.79 Å². The first-order valence-corrected chi connectivity index (χ1v) is 9.96. The number of benzene rings is 2. The van der Waals surface area contributed by atoms with Crippen LogP contribution in [0.25, 0.3) is 10.2 Å². The summed E-state index contributed by atoms with van der Waals surface area (Å²) in [6.45, 7) is 2.53. The molecule has 1 aromatic heterocycles. The van der Waals surface area contributed by atoms with E-state index in [1.54, 1.807) is 0 Å². The number of fused-ring (bicyclic) bond motifs is 1. The summed E-state index contributed by atoms with van der Waals surface area (Å²) in [4.78, 5) is 28.9. The van der Waals surface area contributed by atoms with Gasteiger partial charge in [-0.1, -0.05) is 11.3 Å². The molecule has 3 rings (SSSR count). The van der Waals surface area contributed by atoms with Crippen LogP contribution in [0.4, 0.5) is 0 Å². The Hall–Kier alpha value is -3.04. The van der Waals surface area contributed by atoms with Crippen LogP contribution in [0.3, 0.4) is 0 Å². The smallest absolute Gasteiger partial charge is 0.337 e. The minimum atomic E-state index is -0.466. The summed E-state index contributed by atoms with van der Waals surface area (Å²) < 4.78 is 13.1. The Labute approximate surface area is 176 Å². The third kappa shape index (κ3) is 4.69. The number of carbonyl (C=O) groups excluding carboxylic acids is 2. The lowest BCUT2D eigenvalue weighted by Crippen LogP contribution is -2.29. The average molecular weight is 430 g/mol. The summed E-state index contributed by atoms with van der Waals surface area (Å²) in [6.07, 6.45) is 0. The molecule has 1 amide bonds. The van der Waals surface area contributed by atoms with Gasteiger partial charge in [-0.05, 0) is 61.6 Å². The molecule has 29 heavy (non-hydrogen) atoms. The van der Waals surface area contributed by atoms with Crippen LogP contribution in [0.2, 0.25) is 0 Å². The number of thiazole rings is 1. The Morgan fingerprint density at radius 1 is 1.17 bits per heavy atom. The van der Waals surface area contributed by atoms with E-state index in [0.29, 0.717) is 22.5 Å². The Bertz CT molecular complexity index is 1150. The van der Waals surface area contributed by atoms with Crippen LogP contribution >= 0.6 is 23.6 Å². The predicted octanol–water partition coefficient (Wildman–Crippen LogP) is 3.04. The molecule has 7 nitrogen and oxygen atoms in total. The van der Waals surface area contributed by atoms with Gasteiger partial charge in [0, 0.05) is 12.6 Å². The number of rotatable bonds is 4. The van der Waals surface area contributed by atoms with E-state index >= 15 is 0 Å². The number of methoxy groups -OCH3 is 1. The van der Waals surface area contributed by atoms with Crippen LogP contribution in [0, 0.1) is 0 Å². The molecule has 0 spiro atoms. The largest absolute Gasteiger partial charge is 0.494 e.